The molecule has 2 aromatic rings. The number of benzene rings is 2. The number of anilines is 2. The van der Waals surface area contributed by atoms with Gasteiger partial charge in [-0.05, 0) is 80.6 Å². The second-order valence-corrected chi connectivity index (χ2v) is 12.6. The van der Waals surface area contributed by atoms with E-state index in [1.54, 1.807) is 30.0 Å². The number of hydrogen-bond acceptors (Lipinski definition) is 5. The van der Waals surface area contributed by atoms with Crippen molar-refractivity contribution in [2.45, 2.75) is 49.7 Å². The zero-order chi connectivity index (χ0) is 26.6. The van der Waals surface area contributed by atoms with Crippen LogP contribution in [-0.2, 0) is 19.2 Å². The SMILES string of the molecule is Cc1ccc(N2C[C@H](C(=O)Oc3ccc(N4C(=O)[C@H]5C[C@@H](Br)[C@@H](Br)C[C@H]5C4=O)c(C)c3)CC2=O)cc1C. The summed E-state index contributed by atoms with van der Waals surface area (Å²) in [5, 5.41) is 0. The lowest BCUT2D eigenvalue weighted by atomic mass is 9.81. The molecule has 9 heteroatoms. The van der Waals surface area contributed by atoms with Crippen LogP contribution in [0.3, 0.4) is 0 Å². The third kappa shape index (κ3) is 4.76. The van der Waals surface area contributed by atoms with Gasteiger partial charge >= 0.3 is 5.97 Å². The quantitative estimate of drug-likeness (QED) is 0.205. The zero-order valence-electron chi connectivity index (χ0n) is 20.9. The molecule has 2 saturated heterocycles. The van der Waals surface area contributed by atoms with Crippen LogP contribution in [0.1, 0.15) is 36.0 Å². The minimum atomic E-state index is -0.576. The van der Waals surface area contributed by atoms with Crippen molar-refractivity contribution < 1.29 is 23.9 Å². The molecular formula is C28H28Br2N2O5. The largest absolute Gasteiger partial charge is 0.426 e. The summed E-state index contributed by atoms with van der Waals surface area (Å²) >= 11 is 7.23. The van der Waals surface area contributed by atoms with Gasteiger partial charge in [-0.15, -0.1) is 0 Å². The number of ether oxygens (including phenoxy) is 1. The maximum absolute atomic E-state index is 13.2. The van der Waals surface area contributed by atoms with Crippen molar-refractivity contribution in [1.29, 1.82) is 0 Å². The van der Waals surface area contributed by atoms with Crippen LogP contribution in [0.15, 0.2) is 36.4 Å². The van der Waals surface area contributed by atoms with E-state index in [1.165, 1.54) is 4.90 Å². The van der Waals surface area contributed by atoms with Gasteiger partial charge in [0.15, 0.2) is 0 Å². The number of halogens is 2. The minimum absolute atomic E-state index is 0.0888. The Bertz CT molecular complexity index is 1280. The van der Waals surface area contributed by atoms with Crippen molar-refractivity contribution in [3.05, 3.63) is 53.1 Å². The lowest BCUT2D eigenvalue weighted by molar-refractivity contribution is -0.139. The summed E-state index contributed by atoms with van der Waals surface area (Å²) in [5.74, 6) is -1.86. The van der Waals surface area contributed by atoms with Crippen LogP contribution in [0.4, 0.5) is 11.4 Å². The molecule has 0 spiro atoms. The molecule has 0 radical (unpaired) electrons. The van der Waals surface area contributed by atoms with Crippen LogP contribution >= 0.6 is 31.9 Å². The number of aryl methyl sites for hydroxylation is 3. The normalized spacial score (nSPS) is 27.6. The van der Waals surface area contributed by atoms with Crippen molar-refractivity contribution in [2.24, 2.45) is 17.8 Å². The van der Waals surface area contributed by atoms with Gasteiger partial charge in [-0.3, -0.25) is 19.2 Å². The topological polar surface area (TPSA) is 84.0 Å². The summed E-state index contributed by atoms with van der Waals surface area (Å²) in [6.45, 7) is 6.06. The van der Waals surface area contributed by atoms with Crippen LogP contribution in [0.5, 0.6) is 5.75 Å². The molecule has 3 aliphatic rings. The maximum Gasteiger partial charge on any atom is 0.316 e. The Hall–Kier alpha value is -2.52. The number of esters is 1. The predicted molar refractivity (Wildman–Crippen MR) is 147 cm³/mol. The number of amides is 3. The van der Waals surface area contributed by atoms with E-state index in [4.69, 9.17) is 4.74 Å². The molecule has 2 aliphatic heterocycles. The molecule has 1 saturated carbocycles. The van der Waals surface area contributed by atoms with Crippen molar-refractivity contribution in [2.75, 3.05) is 16.3 Å². The van der Waals surface area contributed by atoms with Crippen LogP contribution in [0.25, 0.3) is 0 Å². The third-order valence-corrected chi connectivity index (χ3v) is 10.5. The molecule has 7 nitrogen and oxygen atoms in total. The van der Waals surface area contributed by atoms with Gasteiger partial charge < -0.3 is 9.64 Å². The molecule has 0 bridgehead atoms. The predicted octanol–water partition coefficient (Wildman–Crippen LogP) is 5.00. The van der Waals surface area contributed by atoms with Crippen LogP contribution in [-0.4, -0.2) is 39.9 Å². The third-order valence-electron chi connectivity index (χ3n) is 7.80. The standard InChI is InChI=1S/C28H28Br2N2O5/c1-14-4-5-18(8-15(14)2)31-13-17(10-25(31)33)28(36)37-19-6-7-24(16(3)9-19)32-26(34)20-11-22(29)23(30)12-21(20)27(32)35/h4-9,17,20-23H,10-13H2,1-3H3/t17-,20-,21+,22+,23-/m1/s1. The number of hydrogen-bond donors (Lipinski definition) is 0. The van der Waals surface area contributed by atoms with Gasteiger partial charge in [0.1, 0.15) is 5.75 Å². The summed E-state index contributed by atoms with van der Waals surface area (Å²) < 4.78 is 5.63. The molecule has 37 heavy (non-hydrogen) atoms. The molecule has 0 aromatic heterocycles. The van der Waals surface area contributed by atoms with E-state index in [0.717, 1.165) is 16.8 Å². The van der Waals surface area contributed by atoms with Gasteiger partial charge in [0.05, 0.1) is 23.4 Å². The van der Waals surface area contributed by atoms with Gasteiger partial charge in [-0.2, -0.15) is 0 Å². The first-order chi connectivity index (χ1) is 17.5. The van der Waals surface area contributed by atoms with E-state index < -0.39 is 11.9 Å². The average molecular weight is 632 g/mol. The van der Waals surface area contributed by atoms with E-state index in [2.05, 4.69) is 31.9 Å². The molecule has 3 fully saturated rings. The Morgan fingerprint density at radius 1 is 0.865 bits per heavy atom. The number of carbonyl (C=O) groups excluding carboxylic acids is 4. The highest BCUT2D eigenvalue weighted by atomic mass is 79.9. The minimum Gasteiger partial charge on any atom is -0.426 e. The highest BCUT2D eigenvalue weighted by molar-refractivity contribution is 9.12. The van der Waals surface area contributed by atoms with E-state index >= 15 is 0 Å². The monoisotopic (exact) mass is 630 g/mol. The number of alkyl halides is 2. The fourth-order valence-corrected chi connectivity index (χ4v) is 6.72. The molecule has 2 aromatic carbocycles. The number of fused-ring (bicyclic) bond motifs is 1. The van der Waals surface area contributed by atoms with Gasteiger partial charge in [0.25, 0.3) is 0 Å². The van der Waals surface area contributed by atoms with Gasteiger partial charge in [0, 0.05) is 28.3 Å². The Kier molecular flexibility index (Phi) is 7.04. The second-order valence-electron chi connectivity index (χ2n) is 10.3. The number of imide groups is 1. The second kappa shape index (κ2) is 9.98. The number of nitrogens with zero attached hydrogens (tertiary/aromatic N) is 2. The molecule has 3 amide bonds. The highest BCUT2D eigenvalue weighted by Gasteiger charge is 2.52. The molecule has 194 valence electrons. The summed E-state index contributed by atoms with van der Waals surface area (Å²) in [6, 6.07) is 10.7. The van der Waals surface area contributed by atoms with Crippen LogP contribution in [0.2, 0.25) is 0 Å². The fraction of sp³-hybridized carbons (Fsp3) is 0.429. The number of carbonyl (C=O) groups is 4. The first-order valence-corrected chi connectivity index (χ1v) is 14.2. The van der Waals surface area contributed by atoms with E-state index in [-0.39, 0.29) is 52.2 Å². The first kappa shape index (κ1) is 26.1. The molecule has 1 aliphatic carbocycles. The molecule has 2 heterocycles. The fourth-order valence-electron chi connectivity index (χ4n) is 5.48. The Labute approximate surface area is 232 Å². The van der Waals surface area contributed by atoms with Crippen molar-refractivity contribution >= 4 is 66.9 Å². The maximum atomic E-state index is 13.2. The molecular weight excluding hydrogens is 604 g/mol. The average Bonchev–Trinajstić information content (AvgIpc) is 3.34. The number of rotatable bonds is 4. The van der Waals surface area contributed by atoms with E-state index in [0.29, 0.717) is 29.8 Å². The molecule has 5 rings (SSSR count). The highest BCUT2D eigenvalue weighted by Crippen LogP contribution is 2.45. The summed E-state index contributed by atoms with van der Waals surface area (Å²) in [6.07, 6.45) is 1.30. The Balaban J connectivity index is 1.28. The van der Waals surface area contributed by atoms with Crippen molar-refractivity contribution in [1.82, 2.24) is 0 Å². The van der Waals surface area contributed by atoms with Crippen molar-refractivity contribution in [3.63, 3.8) is 0 Å². The molecule has 0 N–H and O–H groups in total. The smallest absolute Gasteiger partial charge is 0.316 e. The van der Waals surface area contributed by atoms with E-state index in [9.17, 15) is 19.2 Å². The molecule has 5 atom stereocenters. The lowest BCUT2D eigenvalue weighted by Gasteiger charge is -2.29. The summed E-state index contributed by atoms with van der Waals surface area (Å²) in [7, 11) is 0. The zero-order valence-corrected chi connectivity index (χ0v) is 24.0. The lowest BCUT2D eigenvalue weighted by Crippen LogP contribution is -2.34. The first-order valence-electron chi connectivity index (χ1n) is 12.4. The van der Waals surface area contributed by atoms with Crippen LogP contribution in [0, 0.1) is 38.5 Å². The Morgan fingerprint density at radius 3 is 2.11 bits per heavy atom. The summed E-state index contributed by atoms with van der Waals surface area (Å²) in [4.78, 5) is 55.1. The van der Waals surface area contributed by atoms with Gasteiger partial charge in [-0.25, -0.2) is 4.90 Å². The van der Waals surface area contributed by atoms with E-state index in [1.807, 2.05) is 32.0 Å². The summed E-state index contributed by atoms with van der Waals surface area (Å²) in [5.41, 5.74) is 4.18. The molecule has 0 unspecified atom stereocenters. The van der Waals surface area contributed by atoms with Gasteiger partial charge in [0.2, 0.25) is 17.7 Å². The Morgan fingerprint density at radius 2 is 1.51 bits per heavy atom. The van der Waals surface area contributed by atoms with Gasteiger partial charge in [-0.1, -0.05) is 37.9 Å². The van der Waals surface area contributed by atoms with Crippen molar-refractivity contribution in [3.8, 4) is 5.75 Å². The van der Waals surface area contributed by atoms with Crippen LogP contribution < -0.4 is 14.5 Å².